The lowest BCUT2D eigenvalue weighted by atomic mass is 10.0. The van der Waals surface area contributed by atoms with Gasteiger partial charge in [-0.1, -0.05) is 12.1 Å². The summed E-state index contributed by atoms with van der Waals surface area (Å²) in [5, 5.41) is 4.31. The summed E-state index contributed by atoms with van der Waals surface area (Å²) in [5.41, 5.74) is 6.44. The summed E-state index contributed by atoms with van der Waals surface area (Å²) in [6.07, 6.45) is 0.707. The van der Waals surface area contributed by atoms with Crippen LogP contribution in [-0.4, -0.2) is 9.78 Å². The summed E-state index contributed by atoms with van der Waals surface area (Å²) >= 11 is 0. The molecule has 1 heterocycles. The zero-order chi connectivity index (χ0) is 14.0. The number of benzene rings is 1. The van der Waals surface area contributed by atoms with Crippen molar-refractivity contribution in [2.75, 3.05) is 0 Å². The van der Waals surface area contributed by atoms with E-state index in [0.29, 0.717) is 12.0 Å². The molecule has 0 amide bonds. The molecule has 1 aromatic heterocycles. The molecule has 2 rings (SSSR count). The molecule has 4 nitrogen and oxygen atoms in total. The lowest BCUT2D eigenvalue weighted by Crippen LogP contribution is -2.30. The summed E-state index contributed by atoms with van der Waals surface area (Å²) in [7, 11) is 1.91. The standard InChI is InChI=1S/C14H19FN4/c1-9-6-11(4-5-13(9)15)14(17-16)8-12-7-10(2)18-19(12)3/h4-7,14,17H,8,16H2,1-3H3. The number of nitrogens with one attached hydrogen (secondary N) is 1. The molecule has 19 heavy (non-hydrogen) atoms. The Balaban J connectivity index is 2.24. The highest BCUT2D eigenvalue weighted by Crippen LogP contribution is 2.20. The fourth-order valence-corrected chi connectivity index (χ4v) is 2.22. The van der Waals surface area contributed by atoms with E-state index in [1.807, 2.05) is 30.8 Å². The largest absolute Gasteiger partial charge is 0.272 e. The first-order valence-electron chi connectivity index (χ1n) is 6.23. The summed E-state index contributed by atoms with van der Waals surface area (Å²) in [4.78, 5) is 0. The van der Waals surface area contributed by atoms with Gasteiger partial charge >= 0.3 is 0 Å². The average molecular weight is 262 g/mol. The highest BCUT2D eigenvalue weighted by Gasteiger charge is 2.14. The molecule has 0 aliphatic rings. The van der Waals surface area contributed by atoms with E-state index in [0.717, 1.165) is 17.0 Å². The van der Waals surface area contributed by atoms with Crippen LogP contribution in [0.25, 0.3) is 0 Å². The van der Waals surface area contributed by atoms with Crippen molar-refractivity contribution in [1.29, 1.82) is 0 Å². The lowest BCUT2D eigenvalue weighted by Gasteiger charge is -2.17. The molecule has 0 aliphatic heterocycles. The van der Waals surface area contributed by atoms with Crippen LogP contribution in [0.4, 0.5) is 4.39 Å². The molecule has 0 fully saturated rings. The molecular weight excluding hydrogens is 243 g/mol. The first-order chi connectivity index (χ1) is 9.01. The molecular formula is C14H19FN4. The van der Waals surface area contributed by atoms with E-state index < -0.39 is 0 Å². The van der Waals surface area contributed by atoms with Gasteiger partial charge in [0.15, 0.2) is 0 Å². The highest BCUT2D eigenvalue weighted by atomic mass is 19.1. The normalized spacial score (nSPS) is 12.7. The Labute approximate surface area is 112 Å². The number of rotatable bonds is 4. The molecule has 0 spiro atoms. The molecule has 102 valence electrons. The van der Waals surface area contributed by atoms with Crippen molar-refractivity contribution in [1.82, 2.24) is 15.2 Å². The highest BCUT2D eigenvalue weighted by molar-refractivity contribution is 5.27. The van der Waals surface area contributed by atoms with Gasteiger partial charge in [-0.05, 0) is 37.1 Å². The van der Waals surface area contributed by atoms with Crippen molar-refractivity contribution in [3.63, 3.8) is 0 Å². The summed E-state index contributed by atoms with van der Waals surface area (Å²) in [6, 6.07) is 7.03. The van der Waals surface area contributed by atoms with Crippen LogP contribution in [0.5, 0.6) is 0 Å². The molecule has 5 heteroatoms. The molecule has 1 atom stereocenters. The molecule has 0 saturated carbocycles. The first-order valence-corrected chi connectivity index (χ1v) is 6.23. The molecule has 0 bridgehead atoms. The Hall–Kier alpha value is -1.72. The van der Waals surface area contributed by atoms with Crippen LogP contribution < -0.4 is 11.3 Å². The fraction of sp³-hybridized carbons (Fsp3) is 0.357. The number of hydrazine groups is 1. The third-order valence-electron chi connectivity index (χ3n) is 3.30. The number of aryl methyl sites for hydroxylation is 3. The van der Waals surface area contributed by atoms with Crippen LogP contribution in [0.15, 0.2) is 24.3 Å². The SMILES string of the molecule is Cc1cc(CC(NN)c2ccc(F)c(C)c2)n(C)n1. The molecule has 0 aliphatic carbocycles. The zero-order valence-electron chi connectivity index (χ0n) is 11.4. The minimum Gasteiger partial charge on any atom is -0.272 e. The smallest absolute Gasteiger partial charge is 0.126 e. The minimum absolute atomic E-state index is 0.0610. The number of halogens is 1. The summed E-state index contributed by atoms with van der Waals surface area (Å²) in [5.74, 6) is 5.43. The van der Waals surface area contributed by atoms with E-state index in [9.17, 15) is 4.39 Å². The van der Waals surface area contributed by atoms with Gasteiger partial charge in [0.05, 0.1) is 11.7 Å². The van der Waals surface area contributed by atoms with E-state index in [4.69, 9.17) is 5.84 Å². The number of nitrogens with two attached hydrogens (primary N) is 1. The van der Waals surface area contributed by atoms with Gasteiger partial charge in [0.25, 0.3) is 0 Å². The Morgan fingerprint density at radius 1 is 1.37 bits per heavy atom. The molecule has 1 unspecified atom stereocenters. The minimum atomic E-state index is -0.198. The monoisotopic (exact) mass is 262 g/mol. The van der Waals surface area contributed by atoms with Crippen molar-refractivity contribution in [2.45, 2.75) is 26.3 Å². The van der Waals surface area contributed by atoms with E-state index in [1.54, 1.807) is 13.0 Å². The second kappa shape index (κ2) is 5.50. The van der Waals surface area contributed by atoms with Crippen LogP contribution in [0.2, 0.25) is 0 Å². The number of aromatic nitrogens is 2. The predicted molar refractivity (Wildman–Crippen MR) is 72.9 cm³/mol. The molecule has 2 aromatic rings. The quantitative estimate of drug-likeness (QED) is 0.654. The van der Waals surface area contributed by atoms with Gasteiger partial charge in [0.1, 0.15) is 5.82 Å². The van der Waals surface area contributed by atoms with Gasteiger partial charge in [0.2, 0.25) is 0 Å². The lowest BCUT2D eigenvalue weighted by molar-refractivity contribution is 0.527. The Morgan fingerprint density at radius 2 is 2.11 bits per heavy atom. The van der Waals surface area contributed by atoms with E-state index in [1.165, 1.54) is 6.07 Å². The van der Waals surface area contributed by atoms with E-state index in [-0.39, 0.29) is 11.9 Å². The second-order valence-corrected chi connectivity index (χ2v) is 4.83. The van der Waals surface area contributed by atoms with Crippen LogP contribution in [-0.2, 0) is 13.5 Å². The van der Waals surface area contributed by atoms with Gasteiger partial charge in [-0.15, -0.1) is 0 Å². The second-order valence-electron chi connectivity index (χ2n) is 4.83. The summed E-state index contributed by atoms with van der Waals surface area (Å²) < 4.78 is 15.1. The fourth-order valence-electron chi connectivity index (χ4n) is 2.22. The van der Waals surface area contributed by atoms with Crippen molar-refractivity contribution in [2.24, 2.45) is 12.9 Å². The number of hydrogen-bond donors (Lipinski definition) is 2. The van der Waals surface area contributed by atoms with Gasteiger partial charge in [-0.25, -0.2) is 4.39 Å². The zero-order valence-corrected chi connectivity index (χ0v) is 11.4. The third kappa shape index (κ3) is 3.00. The number of hydrogen-bond acceptors (Lipinski definition) is 3. The van der Waals surface area contributed by atoms with Gasteiger partial charge in [-0.2, -0.15) is 5.10 Å². The molecule has 3 N–H and O–H groups in total. The van der Waals surface area contributed by atoms with Crippen LogP contribution in [0.1, 0.15) is 28.6 Å². The molecule has 0 radical (unpaired) electrons. The maximum Gasteiger partial charge on any atom is 0.126 e. The number of nitrogens with zero attached hydrogens (tertiary/aromatic N) is 2. The first kappa shape index (κ1) is 13.7. The van der Waals surface area contributed by atoms with Crippen LogP contribution >= 0.6 is 0 Å². The maximum absolute atomic E-state index is 13.3. The van der Waals surface area contributed by atoms with Gasteiger partial charge < -0.3 is 0 Å². The topological polar surface area (TPSA) is 55.9 Å². The van der Waals surface area contributed by atoms with Crippen LogP contribution in [0.3, 0.4) is 0 Å². The van der Waals surface area contributed by atoms with Crippen LogP contribution in [0, 0.1) is 19.7 Å². The van der Waals surface area contributed by atoms with Crippen molar-refractivity contribution < 1.29 is 4.39 Å². The van der Waals surface area contributed by atoms with Gasteiger partial charge in [0, 0.05) is 19.2 Å². The predicted octanol–water partition coefficient (Wildman–Crippen LogP) is 1.92. The Kier molecular flexibility index (Phi) is 3.97. The molecule has 1 aromatic carbocycles. The Morgan fingerprint density at radius 3 is 2.63 bits per heavy atom. The van der Waals surface area contributed by atoms with Crippen molar-refractivity contribution in [3.8, 4) is 0 Å². The molecule has 0 saturated heterocycles. The van der Waals surface area contributed by atoms with E-state index in [2.05, 4.69) is 10.5 Å². The average Bonchev–Trinajstić information content (AvgIpc) is 2.68. The third-order valence-corrected chi connectivity index (χ3v) is 3.30. The maximum atomic E-state index is 13.3. The van der Waals surface area contributed by atoms with Gasteiger partial charge in [-0.3, -0.25) is 16.0 Å². The van der Waals surface area contributed by atoms with E-state index >= 15 is 0 Å². The van der Waals surface area contributed by atoms with Crippen molar-refractivity contribution >= 4 is 0 Å². The van der Waals surface area contributed by atoms with Crippen molar-refractivity contribution in [3.05, 3.63) is 52.6 Å². The summed E-state index contributed by atoms with van der Waals surface area (Å²) in [6.45, 7) is 3.71. The Bertz CT molecular complexity index is 577.